The molecule has 6 nitrogen and oxygen atoms in total. The van der Waals surface area contributed by atoms with E-state index < -0.39 is 17.8 Å². The number of nitrogens with one attached hydrogen (secondary N) is 2. The SMILES string of the molecule is N#CC(NC(=O)C1CCCCC1NC(=O)c1ccc(F)cc1)c1cccc(O)c1. The van der Waals surface area contributed by atoms with Gasteiger partial charge in [0.05, 0.1) is 12.0 Å². The molecule has 3 N–H and O–H groups in total. The van der Waals surface area contributed by atoms with Gasteiger partial charge in [-0.05, 0) is 54.8 Å². The predicted octanol–water partition coefficient (Wildman–Crippen LogP) is 3.20. The van der Waals surface area contributed by atoms with E-state index in [1.807, 2.05) is 6.07 Å². The lowest BCUT2D eigenvalue weighted by Gasteiger charge is -2.32. The second-order valence-corrected chi connectivity index (χ2v) is 7.14. The summed E-state index contributed by atoms with van der Waals surface area (Å²) in [5.41, 5.74) is 0.814. The van der Waals surface area contributed by atoms with Gasteiger partial charge in [0.2, 0.25) is 5.91 Å². The average Bonchev–Trinajstić information content (AvgIpc) is 2.72. The van der Waals surface area contributed by atoms with Gasteiger partial charge in [-0.2, -0.15) is 5.26 Å². The molecule has 3 atom stereocenters. The van der Waals surface area contributed by atoms with Crippen LogP contribution in [-0.2, 0) is 4.79 Å². The summed E-state index contributed by atoms with van der Waals surface area (Å²) in [6.07, 6.45) is 2.98. The van der Waals surface area contributed by atoms with Crippen molar-refractivity contribution >= 4 is 11.8 Å². The number of halogens is 1. The van der Waals surface area contributed by atoms with E-state index in [0.29, 0.717) is 24.0 Å². The molecule has 0 bridgehead atoms. The number of carbonyl (C=O) groups is 2. The fourth-order valence-electron chi connectivity index (χ4n) is 3.61. The van der Waals surface area contributed by atoms with E-state index in [1.54, 1.807) is 12.1 Å². The van der Waals surface area contributed by atoms with Crippen LogP contribution in [0.3, 0.4) is 0 Å². The van der Waals surface area contributed by atoms with E-state index in [1.165, 1.54) is 36.4 Å². The Balaban J connectivity index is 1.69. The summed E-state index contributed by atoms with van der Waals surface area (Å²) in [5, 5.41) is 24.7. The number of rotatable bonds is 5. The summed E-state index contributed by atoms with van der Waals surface area (Å²) in [5.74, 6) is -1.56. The van der Waals surface area contributed by atoms with Gasteiger partial charge < -0.3 is 15.7 Å². The molecule has 7 heteroatoms. The number of benzene rings is 2. The van der Waals surface area contributed by atoms with Gasteiger partial charge in [-0.15, -0.1) is 0 Å². The molecule has 1 aliphatic carbocycles. The third-order valence-electron chi connectivity index (χ3n) is 5.14. The summed E-state index contributed by atoms with van der Waals surface area (Å²) >= 11 is 0. The van der Waals surface area contributed by atoms with Crippen molar-refractivity contribution in [2.45, 2.75) is 37.8 Å². The average molecular weight is 395 g/mol. The molecule has 29 heavy (non-hydrogen) atoms. The van der Waals surface area contributed by atoms with E-state index in [9.17, 15) is 24.3 Å². The molecule has 0 saturated heterocycles. The highest BCUT2D eigenvalue weighted by Gasteiger charge is 2.33. The number of hydrogen-bond donors (Lipinski definition) is 3. The monoisotopic (exact) mass is 395 g/mol. The number of carbonyl (C=O) groups excluding carboxylic acids is 2. The van der Waals surface area contributed by atoms with Crippen molar-refractivity contribution in [2.24, 2.45) is 5.92 Å². The third-order valence-corrected chi connectivity index (χ3v) is 5.14. The lowest BCUT2D eigenvalue weighted by Crippen LogP contribution is -2.48. The minimum Gasteiger partial charge on any atom is -0.508 e. The Morgan fingerprint density at radius 1 is 1.14 bits per heavy atom. The maximum atomic E-state index is 13.1. The fraction of sp³-hybridized carbons (Fsp3) is 0.318. The van der Waals surface area contributed by atoms with Crippen LogP contribution < -0.4 is 10.6 Å². The third kappa shape index (κ3) is 5.11. The van der Waals surface area contributed by atoms with Crippen molar-refractivity contribution in [3.05, 3.63) is 65.5 Å². The van der Waals surface area contributed by atoms with Crippen LogP contribution in [-0.4, -0.2) is 23.0 Å². The standard InChI is InChI=1S/C22H22FN3O3/c23-16-10-8-14(9-11-16)21(28)25-19-7-2-1-6-18(19)22(29)26-20(13-24)15-4-3-5-17(27)12-15/h3-5,8-12,18-20,27H,1-2,6-7H2,(H,25,28)(H,26,29). The normalized spacial score (nSPS) is 19.6. The molecular formula is C22H22FN3O3. The van der Waals surface area contributed by atoms with Crippen molar-refractivity contribution < 1.29 is 19.1 Å². The first-order valence-electron chi connectivity index (χ1n) is 9.53. The molecule has 2 amide bonds. The zero-order valence-electron chi connectivity index (χ0n) is 15.8. The lowest BCUT2D eigenvalue weighted by atomic mass is 9.83. The summed E-state index contributed by atoms with van der Waals surface area (Å²) in [4.78, 5) is 25.4. The molecule has 1 saturated carbocycles. The first kappa shape index (κ1) is 20.3. The molecular weight excluding hydrogens is 373 g/mol. The highest BCUT2D eigenvalue weighted by atomic mass is 19.1. The van der Waals surface area contributed by atoms with Crippen molar-refractivity contribution in [3.8, 4) is 11.8 Å². The quantitative estimate of drug-likeness (QED) is 0.723. The molecule has 2 aromatic carbocycles. The molecule has 0 spiro atoms. The molecule has 0 heterocycles. The van der Waals surface area contributed by atoms with Crippen molar-refractivity contribution in [3.63, 3.8) is 0 Å². The van der Waals surface area contributed by atoms with Crippen LogP contribution in [0.15, 0.2) is 48.5 Å². The van der Waals surface area contributed by atoms with Crippen molar-refractivity contribution in [1.29, 1.82) is 5.26 Å². The maximum absolute atomic E-state index is 13.1. The number of hydrogen-bond acceptors (Lipinski definition) is 4. The van der Waals surface area contributed by atoms with E-state index >= 15 is 0 Å². The second-order valence-electron chi connectivity index (χ2n) is 7.14. The van der Waals surface area contributed by atoms with Gasteiger partial charge >= 0.3 is 0 Å². The Bertz CT molecular complexity index is 924. The van der Waals surface area contributed by atoms with Gasteiger partial charge in [0, 0.05) is 11.6 Å². The molecule has 0 aliphatic heterocycles. The number of aromatic hydroxyl groups is 1. The molecule has 1 fully saturated rings. The molecule has 3 unspecified atom stereocenters. The fourth-order valence-corrected chi connectivity index (χ4v) is 3.61. The molecule has 0 aromatic heterocycles. The minimum absolute atomic E-state index is 0.0131. The largest absolute Gasteiger partial charge is 0.508 e. The summed E-state index contributed by atoms with van der Waals surface area (Å²) in [7, 11) is 0. The zero-order valence-corrected chi connectivity index (χ0v) is 15.8. The van der Waals surface area contributed by atoms with Crippen LogP contribution in [0.2, 0.25) is 0 Å². The van der Waals surface area contributed by atoms with Gasteiger partial charge in [0.1, 0.15) is 17.6 Å². The Kier molecular flexibility index (Phi) is 6.45. The first-order chi connectivity index (χ1) is 14.0. The van der Waals surface area contributed by atoms with E-state index in [2.05, 4.69) is 10.6 Å². The maximum Gasteiger partial charge on any atom is 0.251 e. The van der Waals surface area contributed by atoms with E-state index in [-0.39, 0.29) is 23.6 Å². The highest BCUT2D eigenvalue weighted by molar-refractivity contribution is 5.94. The van der Waals surface area contributed by atoms with Crippen LogP contribution in [0.5, 0.6) is 5.75 Å². The zero-order chi connectivity index (χ0) is 20.8. The Morgan fingerprint density at radius 3 is 2.55 bits per heavy atom. The van der Waals surface area contributed by atoms with Crippen LogP contribution in [0.4, 0.5) is 4.39 Å². The van der Waals surface area contributed by atoms with E-state index in [4.69, 9.17) is 0 Å². The Morgan fingerprint density at radius 2 is 1.86 bits per heavy atom. The molecule has 2 aromatic rings. The number of nitrogens with zero attached hydrogens (tertiary/aromatic N) is 1. The number of nitriles is 1. The Labute approximate surface area is 168 Å². The summed E-state index contributed by atoms with van der Waals surface area (Å²) < 4.78 is 13.1. The van der Waals surface area contributed by atoms with Gasteiger partial charge in [-0.1, -0.05) is 25.0 Å². The minimum atomic E-state index is -0.898. The van der Waals surface area contributed by atoms with Gasteiger partial charge in [-0.3, -0.25) is 9.59 Å². The summed E-state index contributed by atoms with van der Waals surface area (Å²) in [6.45, 7) is 0. The van der Waals surface area contributed by atoms with E-state index in [0.717, 1.165) is 12.8 Å². The molecule has 0 radical (unpaired) electrons. The number of phenols is 1. The smallest absolute Gasteiger partial charge is 0.251 e. The molecule has 3 rings (SSSR count). The van der Waals surface area contributed by atoms with Crippen LogP contribution in [0.1, 0.15) is 47.6 Å². The number of amides is 2. The molecule has 150 valence electrons. The van der Waals surface area contributed by atoms with Crippen molar-refractivity contribution in [2.75, 3.05) is 0 Å². The van der Waals surface area contributed by atoms with Crippen LogP contribution in [0, 0.1) is 23.1 Å². The van der Waals surface area contributed by atoms with Crippen LogP contribution in [0.25, 0.3) is 0 Å². The van der Waals surface area contributed by atoms with Gasteiger partial charge in [0.25, 0.3) is 5.91 Å². The van der Waals surface area contributed by atoms with Crippen LogP contribution >= 0.6 is 0 Å². The first-order valence-corrected chi connectivity index (χ1v) is 9.53. The number of phenolic OH excluding ortho intramolecular Hbond substituents is 1. The summed E-state index contributed by atoms with van der Waals surface area (Å²) in [6, 6.07) is 12.2. The second kappa shape index (κ2) is 9.20. The topological polar surface area (TPSA) is 102 Å². The Hall–Kier alpha value is -3.40. The lowest BCUT2D eigenvalue weighted by molar-refractivity contribution is -0.127. The predicted molar refractivity (Wildman–Crippen MR) is 104 cm³/mol. The van der Waals surface area contributed by atoms with Gasteiger partial charge in [-0.25, -0.2) is 4.39 Å². The highest BCUT2D eigenvalue weighted by Crippen LogP contribution is 2.26. The van der Waals surface area contributed by atoms with Gasteiger partial charge in [0.15, 0.2) is 0 Å². The molecule has 1 aliphatic rings. The van der Waals surface area contributed by atoms with Crippen molar-refractivity contribution in [1.82, 2.24) is 10.6 Å².